The molecular formula is C19H30O3. The summed E-state index contributed by atoms with van der Waals surface area (Å²) in [5, 5.41) is 10.2. The van der Waals surface area contributed by atoms with Gasteiger partial charge in [-0.2, -0.15) is 0 Å². The highest BCUT2D eigenvalue weighted by atomic mass is 16.8. The number of unbranched alkanes of at least 4 members (excludes halogenated alkanes) is 6. The average Bonchev–Trinajstić information content (AvgIpc) is 2.94. The molecule has 1 atom stereocenters. The number of ether oxygens (including phenoxy) is 2. The Morgan fingerprint density at radius 2 is 1.82 bits per heavy atom. The number of hydrogen-bond acceptors (Lipinski definition) is 3. The minimum absolute atomic E-state index is 0.540. The fourth-order valence-electron chi connectivity index (χ4n) is 2.93. The molecule has 1 heterocycles. The summed E-state index contributed by atoms with van der Waals surface area (Å²) in [6, 6.07) is 7.99. The van der Waals surface area contributed by atoms with Gasteiger partial charge in [0.15, 0.2) is 0 Å². The first-order valence-electron chi connectivity index (χ1n) is 8.87. The summed E-state index contributed by atoms with van der Waals surface area (Å²) in [4.78, 5) is 0. The maximum absolute atomic E-state index is 10.2. The normalized spacial score (nSPS) is 21.2. The molecule has 1 aliphatic heterocycles. The molecule has 1 N–H and O–H groups in total. The molecule has 0 aromatic heterocycles. The van der Waals surface area contributed by atoms with Gasteiger partial charge in [-0.1, -0.05) is 63.6 Å². The van der Waals surface area contributed by atoms with Crippen LogP contribution in [0.2, 0.25) is 0 Å². The van der Waals surface area contributed by atoms with Crippen molar-refractivity contribution in [1.82, 2.24) is 0 Å². The van der Waals surface area contributed by atoms with Crippen LogP contribution >= 0.6 is 0 Å². The number of aryl methyl sites for hydroxylation is 1. The van der Waals surface area contributed by atoms with Crippen LogP contribution in [0.4, 0.5) is 0 Å². The predicted molar refractivity (Wildman–Crippen MR) is 88.9 cm³/mol. The standard InChI is InChI=1S/C19H30O3/c1-2-3-4-5-6-7-8-12-17-13-9-10-14-18(17)22-19(20)15-11-16-21-19/h9-10,13-14,20H,2-8,11-12,15-16H2,1H3. The molecule has 1 unspecified atom stereocenters. The molecule has 0 saturated carbocycles. The third kappa shape index (κ3) is 5.62. The van der Waals surface area contributed by atoms with Crippen molar-refractivity contribution in [2.75, 3.05) is 6.61 Å². The van der Waals surface area contributed by atoms with Crippen LogP contribution in [-0.2, 0) is 11.2 Å². The molecule has 1 saturated heterocycles. The first-order chi connectivity index (χ1) is 10.7. The number of para-hydroxylation sites is 1. The zero-order valence-electron chi connectivity index (χ0n) is 13.9. The lowest BCUT2D eigenvalue weighted by molar-refractivity contribution is -0.294. The predicted octanol–water partition coefficient (Wildman–Crippen LogP) is 4.82. The molecule has 0 bridgehead atoms. The van der Waals surface area contributed by atoms with Gasteiger partial charge in [-0.15, -0.1) is 0 Å². The summed E-state index contributed by atoms with van der Waals surface area (Å²) < 4.78 is 11.1. The van der Waals surface area contributed by atoms with Gasteiger partial charge in [-0.05, 0) is 30.9 Å². The molecular weight excluding hydrogens is 276 g/mol. The van der Waals surface area contributed by atoms with Gasteiger partial charge in [0.25, 0.3) is 0 Å². The minimum Gasteiger partial charge on any atom is -0.439 e. The van der Waals surface area contributed by atoms with Crippen molar-refractivity contribution in [2.45, 2.75) is 77.1 Å². The minimum atomic E-state index is -1.42. The SMILES string of the molecule is CCCCCCCCCc1ccccc1OC1(O)CCCO1. The van der Waals surface area contributed by atoms with Crippen molar-refractivity contribution in [3.05, 3.63) is 29.8 Å². The molecule has 1 aromatic carbocycles. The van der Waals surface area contributed by atoms with Crippen LogP contribution in [0.25, 0.3) is 0 Å². The van der Waals surface area contributed by atoms with Crippen LogP contribution in [0.1, 0.15) is 70.3 Å². The van der Waals surface area contributed by atoms with E-state index in [2.05, 4.69) is 13.0 Å². The summed E-state index contributed by atoms with van der Waals surface area (Å²) in [5.41, 5.74) is 1.17. The molecule has 1 aromatic rings. The topological polar surface area (TPSA) is 38.7 Å². The van der Waals surface area contributed by atoms with E-state index in [1.54, 1.807) is 0 Å². The van der Waals surface area contributed by atoms with Gasteiger partial charge < -0.3 is 14.6 Å². The molecule has 0 aliphatic carbocycles. The van der Waals surface area contributed by atoms with Crippen molar-refractivity contribution in [2.24, 2.45) is 0 Å². The Labute approximate surface area is 134 Å². The molecule has 0 radical (unpaired) electrons. The fourth-order valence-corrected chi connectivity index (χ4v) is 2.93. The lowest BCUT2D eigenvalue weighted by Crippen LogP contribution is -2.34. The van der Waals surface area contributed by atoms with E-state index in [-0.39, 0.29) is 0 Å². The number of aliphatic hydroxyl groups is 1. The zero-order chi connectivity index (χ0) is 15.7. The van der Waals surface area contributed by atoms with E-state index < -0.39 is 5.97 Å². The Hall–Kier alpha value is -1.06. The summed E-state index contributed by atoms with van der Waals surface area (Å²) in [6.45, 7) is 2.81. The first kappa shape index (κ1) is 17.3. The van der Waals surface area contributed by atoms with Crippen LogP contribution in [-0.4, -0.2) is 17.7 Å². The monoisotopic (exact) mass is 306 g/mol. The second-order valence-electron chi connectivity index (χ2n) is 6.25. The molecule has 3 heteroatoms. The van der Waals surface area contributed by atoms with Gasteiger partial charge in [0.1, 0.15) is 5.75 Å². The second-order valence-corrected chi connectivity index (χ2v) is 6.25. The summed E-state index contributed by atoms with van der Waals surface area (Å²) in [5.74, 6) is -0.658. The molecule has 0 spiro atoms. The van der Waals surface area contributed by atoms with E-state index in [1.807, 2.05) is 18.2 Å². The van der Waals surface area contributed by atoms with Crippen molar-refractivity contribution in [1.29, 1.82) is 0 Å². The van der Waals surface area contributed by atoms with Gasteiger partial charge >= 0.3 is 5.97 Å². The summed E-state index contributed by atoms with van der Waals surface area (Å²) in [7, 11) is 0. The van der Waals surface area contributed by atoms with Gasteiger partial charge in [0, 0.05) is 6.42 Å². The summed E-state index contributed by atoms with van der Waals surface area (Å²) >= 11 is 0. The quantitative estimate of drug-likeness (QED) is 0.498. The molecule has 124 valence electrons. The Bertz CT molecular complexity index is 424. The van der Waals surface area contributed by atoms with Crippen molar-refractivity contribution >= 4 is 0 Å². The Morgan fingerprint density at radius 3 is 2.55 bits per heavy atom. The Morgan fingerprint density at radius 1 is 1.09 bits per heavy atom. The van der Waals surface area contributed by atoms with Gasteiger partial charge in [0.2, 0.25) is 0 Å². The highest BCUT2D eigenvalue weighted by Gasteiger charge is 2.35. The number of hydrogen-bond donors (Lipinski definition) is 1. The van der Waals surface area contributed by atoms with Gasteiger partial charge in [-0.3, -0.25) is 0 Å². The highest BCUT2D eigenvalue weighted by molar-refractivity contribution is 5.33. The van der Waals surface area contributed by atoms with Crippen LogP contribution < -0.4 is 4.74 Å². The van der Waals surface area contributed by atoms with Crippen LogP contribution in [0.5, 0.6) is 5.75 Å². The first-order valence-corrected chi connectivity index (χ1v) is 8.87. The van der Waals surface area contributed by atoms with E-state index >= 15 is 0 Å². The number of rotatable bonds is 10. The van der Waals surface area contributed by atoms with E-state index in [4.69, 9.17) is 9.47 Å². The van der Waals surface area contributed by atoms with Crippen LogP contribution in [0.3, 0.4) is 0 Å². The second kappa shape index (κ2) is 9.16. The third-order valence-electron chi connectivity index (χ3n) is 4.26. The largest absolute Gasteiger partial charge is 0.439 e. The highest BCUT2D eigenvalue weighted by Crippen LogP contribution is 2.30. The Balaban J connectivity index is 1.76. The maximum Gasteiger partial charge on any atom is 0.324 e. The van der Waals surface area contributed by atoms with Crippen LogP contribution in [0, 0.1) is 0 Å². The fraction of sp³-hybridized carbons (Fsp3) is 0.684. The van der Waals surface area contributed by atoms with E-state index in [0.717, 1.165) is 18.6 Å². The maximum atomic E-state index is 10.2. The van der Waals surface area contributed by atoms with Gasteiger partial charge in [0.05, 0.1) is 6.61 Å². The van der Waals surface area contributed by atoms with Crippen LogP contribution in [0.15, 0.2) is 24.3 Å². The van der Waals surface area contributed by atoms with E-state index in [1.165, 1.54) is 50.5 Å². The third-order valence-corrected chi connectivity index (χ3v) is 4.26. The van der Waals surface area contributed by atoms with Crippen molar-refractivity contribution in [3.63, 3.8) is 0 Å². The molecule has 1 aliphatic rings. The van der Waals surface area contributed by atoms with Gasteiger partial charge in [-0.25, -0.2) is 0 Å². The van der Waals surface area contributed by atoms with Crippen molar-refractivity contribution < 1.29 is 14.6 Å². The zero-order valence-corrected chi connectivity index (χ0v) is 13.9. The number of benzene rings is 1. The smallest absolute Gasteiger partial charge is 0.324 e. The van der Waals surface area contributed by atoms with E-state index in [0.29, 0.717) is 13.0 Å². The summed E-state index contributed by atoms with van der Waals surface area (Å²) in [6.07, 6.45) is 11.5. The Kier molecular flexibility index (Phi) is 7.20. The lowest BCUT2D eigenvalue weighted by atomic mass is 10.0. The molecule has 22 heavy (non-hydrogen) atoms. The molecule has 1 fully saturated rings. The lowest BCUT2D eigenvalue weighted by Gasteiger charge is -2.24. The molecule has 3 nitrogen and oxygen atoms in total. The molecule has 0 amide bonds. The molecule has 2 rings (SSSR count). The van der Waals surface area contributed by atoms with E-state index in [9.17, 15) is 5.11 Å². The average molecular weight is 306 g/mol. The van der Waals surface area contributed by atoms with Crippen molar-refractivity contribution in [3.8, 4) is 5.75 Å².